The van der Waals surface area contributed by atoms with E-state index in [0.29, 0.717) is 36.7 Å². The smallest absolute Gasteiger partial charge is 0.302 e. The Morgan fingerprint density at radius 1 is 1.10 bits per heavy atom. The van der Waals surface area contributed by atoms with Crippen LogP contribution < -0.4 is 10.5 Å². The molecule has 1 aliphatic rings. The van der Waals surface area contributed by atoms with Crippen LogP contribution in [-0.4, -0.2) is 47.8 Å². The monoisotopic (exact) mass is 535 g/mol. The van der Waals surface area contributed by atoms with Crippen LogP contribution in [0.15, 0.2) is 52.7 Å². The van der Waals surface area contributed by atoms with Gasteiger partial charge in [0, 0.05) is 32.2 Å². The number of rotatable bonds is 16. The summed E-state index contributed by atoms with van der Waals surface area (Å²) in [5, 5.41) is 9.77. The lowest BCUT2D eigenvalue weighted by molar-refractivity contribution is -0.148. The number of Topliss-reactive ketones (excluding diaryl/α,β-unsaturated/α-hetero) is 1. The van der Waals surface area contributed by atoms with Crippen molar-refractivity contribution >= 4 is 23.8 Å². The SMILES string of the molecule is CC[C@H](CC[C@H](CC(=O)CCc1ccc(O)c(OC)c1)OC(C)=O)CC1=C(CCc2ccnc(N)c2)CN=C1. The van der Waals surface area contributed by atoms with Crippen molar-refractivity contribution in [2.24, 2.45) is 10.9 Å². The first kappa shape index (κ1) is 29.9. The highest BCUT2D eigenvalue weighted by Gasteiger charge is 2.21. The van der Waals surface area contributed by atoms with Gasteiger partial charge in [-0.25, -0.2) is 4.98 Å². The number of nitrogens with two attached hydrogens (primary N) is 1. The molecule has 0 amide bonds. The van der Waals surface area contributed by atoms with Gasteiger partial charge in [-0.1, -0.05) is 19.4 Å². The molecule has 2 aromatic rings. The molecule has 0 fully saturated rings. The fraction of sp³-hybridized carbons (Fsp3) is 0.484. The van der Waals surface area contributed by atoms with Gasteiger partial charge < -0.3 is 20.3 Å². The number of ether oxygens (including phenoxy) is 2. The number of aliphatic imine (C=N–C) groups is 1. The minimum Gasteiger partial charge on any atom is -0.504 e. The number of pyridine rings is 1. The number of phenolic OH excluding ortho intramolecular Hbond substituents is 1. The van der Waals surface area contributed by atoms with Crippen LogP contribution in [0.4, 0.5) is 5.82 Å². The second kappa shape index (κ2) is 15.0. The number of anilines is 1. The van der Waals surface area contributed by atoms with Gasteiger partial charge >= 0.3 is 5.97 Å². The number of nitrogens with zero attached hydrogens (tertiary/aromatic N) is 2. The fourth-order valence-electron chi connectivity index (χ4n) is 4.98. The molecule has 8 nitrogen and oxygen atoms in total. The Kier molecular flexibility index (Phi) is 11.5. The molecule has 0 aliphatic carbocycles. The Bertz CT molecular complexity index is 1190. The standard InChI is InChI=1S/C31H41N3O5/c1-4-22(15-26-20-33-19-25(26)9-5-24-13-14-34-31(32)17-24)7-11-28(39-21(2)35)18-27(36)10-6-23-8-12-29(37)30(16-23)38-3/h8,12-14,16-17,20,22,28,37H,4-7,9-11,15,18-19H2,1-3H3,(H2,32,34)/t22-,28-/m1/s1. The third kappa shape index (κ3) is 9.85. The average Bonchev–Trinajstić information content (AvgIpc) is 3.35. The Morgan fingerprint density at radius 3 is 2.62 bits per heavy atom. The number of allylic oxidation sites excluding steroid dienone is 1. The largest absolute Gasteiger partial charge is 0.504 e. The maximum atomic E-state index is 12.8. The average molecular weight is 536 g/mol. The van der Waals surface area contributed by atoms with E-state index in [0.717, 1.165) is 44.2 Å². The summed E-state index contributed by atoms with van der Waals surface area (Å²) in [6.07, 6.45) is 9.66. The third-order valence-electron chi connectivity index (χ3n) is 7.25. The molecule has 8 heteroatoms. The molecule has 3 rings (SSSR count). The minimum atomic E-state index is -0.429. The van der Waals surface area contributed by atoms with Crippen LogP contribution in [0.5, 0.6) is 11.5 Å². The van der Waals surface area contributed by atoms with Crippen molar-refractivity contribution < 1.29 is 24.2 Å². The zero-order chi connectivity index (χ0) is 28.2. The second-order valence-electron chi connectivity index (χ2n) is 10.2. The Morgan fingerprint density at radius 2 is 1.90 bits per heavy atom. The summed E-state index contributed by atoms with van der Waals surface area (Å²) in [6.45, 7) is 4.30. The highest BCUT2D eigenvalue weighted by atomic mass is 16.5. The van der Waals surface area contributed by atoms with E-state index in [4.69, 9.17) is 15.2 Å². The van der Waals surface area contributed by atoms with Gasteiger partial charge in [0.15, 0.2) is 11.5 Å². The van der Waals surface area contributed by atoms with E-state index in [-0.39, 0.29) is 23.9 Å². The molecule has 1 aromatic carbocycles. The summed E-state index contributed by atoms with van der Waals surface area (Å²) in [4.78, 5) is 33.1. The number of nitrogen functional groups attached to an aromatic ring is 1. The first-order valence-electron chi connectivity index (χ1n) is 13.7. The molecule has 2 heterocycles. The summed E-state index contributed by atoms with van der Waals surface area (Å²) in [6, 6.07) is 9.00. The number of ketones is 1. The molecule has 3 N–H and O–H groups in total. The molecule has 210 valence electrons. The topological polar surface area (TPSA) is 124 Å². The zero-order valence-electron chi connectivity index (χ0n) is 23.3. The van der Waals surface area contributed by atoms with Gasteiger partial charge in [0.2, 0.25) is 0 Å². The molecule has 0 unspecified atom stereocenters. The number of carbonyl (C=O) groups is 2. The summed E-state index contributed by atoms with van der Waals surface area (Å²) in [5.74, 6) is 1.08. The van der Waals surface area contributed by atoms with Crippen LogP contribution >= 0.6 is 0 Å². The van der Waals surface area contributed by atoms with E-state index < -0.39 is 6.10 Å². The Labute approximate surface area is 231 Å². The summed E-state index contributed by atoms with van der Waals surface area (Å²) in [7, 11) is 1.49. The van der Waals surface area contributed by atoms with Crippen LogP contribution in [0.3, 0.4) is 0 Å². The van der Waals surface area contributed by atoms with Crippen LogP contribution in [0.25, 0.3) is 0 Å². The molecule has 0 saturated heterocycles. The molecule has 1 aliphatic heterocycles. The number of aromatic hydroxyl groups is 1. The van der Waals surface area contributed by atoms with Gasteiger partial charge in [0.25, 0.3) is 0 Å². The van der Waals surface area contributed by atoms with Crippen molar-refractivity contribution in [2.75, 3.05) is 19.4 Å². The van der Waals surface area contributed by atoms with E-state index in [1.807, 2.05) is 18.3 Å². The fourth-order valence-corrected chi connectivity index (χ4v) is 4.98. The molecule has 1 aromatic heterocycles. The van der Waals surface area contributed by atoms with Crippen molar-refractivity contribution in [1.82, 2.24) is 4.98 Å². The first-order chi connectivity index (χ1) is 18.8. The molecule has 0 spiro atoms. The maximum Gasteiger partial charge on any atom is 0.302 e. The van der Waals surface area contributed by atoms with Crippen molar-refractivity contribution in [2.45, 2.75) is 77.7 Å². The van der Waals surface area contributed by atoms with E-state index in [2.05, 4.69) is 16.9 Å². The minimum absolute atomic E-state index is 0.0472. The number of hydrogen-bond acceptors (Lipinski definition) is 8. The van der Waals surface area contributed by atoms with Crippen molar-refractivity contribution in [3.05, 3.63) is 58.8 Å². The normalized spacial score (nSPS) is 14.3. The number of methoxy groups -OCH3 is 1. The lowest BCUT2D eigenvalue weighted by atomic mass is 9.88. The van der Waals surface area contributed by atoms with E-state index in [9.17, 15) is 14.7 Å². The first-order valence-corrected chi connectivity index (χ1v) is 13.7. The number of phenols is 1. The van der Waals surface area contributed by atoms with Crippen LogP contribution in [0.1, 0.15) is 69.9 Å². The number of esters is 1. The van der Waals surface area contributed by atoms with E-state index in [1.54, 1.807) is 24.4 Å². The van der Waals surface area contributed by atoms with Crippen LogP contribution in [0.2, 0.25) is 0 Å². The van der Waals surface area contributed by atoms with Gasteiger partial charge in [0.1, 0.15) is 17.7 Å². The number of hydrogen-bond donors (Lipinski definition) is 2. The number of aryl methyl sites for hydroxylation is 2. The third-order valence-corrected chi connectivity index (χ3v) is 7.25. The summed E-state index contributed by atoms with van der Waals surface area (Å²) >= 11 is 0. The predicted molar refractivity (Wildman–Crippen MR) is 153 cm³/mol. The molecular formula is C31H41N3O5. The highest BCUT2D eigenvalue weighted by molar-refractivity contribution is 5.82. The Balaban J connectivity index is 1.52. The molecule has 0 saturated carbocycles. The van der Waals surface area contributed by atoms with Gasteiger partial charge in [-0.3, -0.25) is 14.6 Å². The highest BCUT2D eigenvalue weighted by Crippen LogP contribution is 2.29. The van der Waals surface area contributed by atoms with Crippen molar-refractivity contribution in [3.63, 3.8) is 0 Å². The predicted octanol–water partition coefficient (Wildman–Crippen LogP) is 5.41. The number of benzene rings is 1. The summed E-state index contributed by atoms with van der Waals surface area (Å²) < 4.78 is 10.7. The van der Waals surface area contributed by atoms with Crippen LogP contribution in [-0.2, 0) is 27.2 Å². The molecular weight excluding hydrogens is 494 g/mol. The Hall–Kier alpha value is -3.68. The van der Waals surface area contributed by atoms with E-state index in [1.165, 1.54) is 30.7 Å². The molecule has 0 bridgehead atoms. The van der Waals surface area contributed by atoms with Gasteiger partial charge in [0.05, 0.1) is 13.7 Å². The molecule has 0 radical (unpaired) electrons. The van der Waals surface area contributed by atoms with Gasteiger partial charge in [-0.2, -0.15) is 0 Å². The van der Waals surface area contributed by atoms with Gasteiger partial charge in [-0.15, -0.1) is 0 Å². The maximum absolute atomic E-state index is 12.8. The van der Waals surface area contributed by atoms with Crippen molar-refractivity contribution in [1.29, 1.82) is 0 Å². The lowest BCUT2D eigenvalue weighted by Gasteiger charge is -2.21. The van der Waals surface area contributed by atoms with Gasteiger partial charge in [-0.05, 0) is 91.0 Å². The lowest BCUT2D eigenvalue weighted by Crippen LogP contribution is -2.22. The van der Waals surface area contributed by atoms with Crippen molar-refractivity contribution in [3.8, 4) is 11.5 Å². The molecule has 2 atom stereocenters. The second-order valence-corrected chi connectivity index (χ2v) is 10.2. The quantitative estimate of drug-likeness (QED) is 0.275. The number of carbonyl (C=O) groups excluding carboxylic acids is 2. The summed E-state index contributed by atoms with van der Waals surface area (Å²) in [5.41, 5.74) is 10.6. The van der Waals surface area contributed by atoms with Crippen LogP contribution in [0, 0.1) is 5.92 Å². The number of aromatic nitrogens is 1. The van der Waals surface area contributed by atoms with E-state index >= 15 is 0 Å². The zero-order valence-corrected chi connectivity index (χ0v) is 23.3. The molecule has 39 heavy (non-hydrogen) atoms.